The Morgan fingerprint density at radius 1 is 1.21 bits per heavy atom. The molecule has 0 spiro atoms. The van der Waals surface area contributed by atoms with Crippen molar-refractivity contribution in [2.24, 2.45) is 0 Å². The summed E-state index contributed by atoms with van der Waals surface area (Å²) in [6.45, 7) is 6.53. The number of urea groups is 1. The number of hydrogen-bond acceptors (Lipinski definition) is 5. The van der Waals surface area contributed by atoms with Gasteiger partial charge in [-0.3, -0.25) is 4.90 Å². The van der Waals surface area contributed by atoms with Crippen LogP contribution in [0.2, 0.25) is 5.02 Å². The monoisotopic (exact) mass is 411 g/mol. The van der Waals surface area contributed by atoms with Crippen LogP contribution in [-0.4, -0.2) is 37.6 Å². The maximum Gasteiger partial charge on any atom is 0.323 e. The predicted octanol–water partition coefficient (Wildman–Crippen LogP) is 3.80. The molecule has 3 heterocycles. The second-order valence-corrected chi connectivity index (χ2v) is 8.03. The zero-order chi connectivity index (χ0) is 20.6. The summed E-state index contributed by atoms with van der Waals surface area (Å²) in [5, 5.41) is 6.80. The number of imidazole rings is 1. The zero-order valence-electron chi connectivity index (χ0n) is 16.4. The highest BCUT2D eigenvalue weighted by Crippen LogP contribution is 2.27. The molecule has 1 aliphatic heterocycles. The SMILES string of the molecule is CC(Nc1nccc(N2C(=O)NCC2(C)C)n1)c1cn(-c2ccc(Cl)cc2)cn1. The van der Waals surface area contributed by atoms with E-state index < -0.39 is 0 Å². The Labute approximate surface area is 173 Å². The van der Waals surface area contributed by atoms with Crippen molar-refractivity contribution in [1.82, 2.24) is 24.8 Å². The molecule has 0 aliphatic carbocycles. The first-order valence-electron chi connectivity index (χ1n) is 9.31. The summed E-state index contributed by atoms with van der Waals surface area (Å²) in [7, 11) is 0. The van der Waals surface area contributed by atoms with Crippen molar-refractivity contribution in [3.8, 4) is 5.69 Å². The van der Waals surface area contributed by atoms with E-state index in [1.807, 2.05) is 55.8 Å². The average Bonchev–Trinajstić information content (AvgIpc) is 3.27. The third-order valence-corrected chi connectivity index (χ3v) is 5.12. The number of anilines is 2. The Bertz CT molecular complexity index is 1030. The summed E-state index contributed by atoms with van der Waals surface area (Å²) >= 11 is 5.95. The van der Waals surface area contributed by atoms with Gasteiger partial charge in [0.1, 0.15) is 5.82 Å². The number of carbonyl (C=O) groups excluding carboxylic acids is 1. The summed E-state index contributed by atoms with van der Waals surface area (Å²) in [4.78, 5) is 27.2. The lowest BCUT2D eigenvalue weighted by molar-refractivity contribution is 0.251. The summed E-state index contributed by atoms with van der Waals surface area (Å²) in [5.74, 6) is 0.993. The fourth-order valence-electron chi connectivity index (χ4n) is 3.27. The van der Waals surface area contributed by atoms with Crippen LogP contribution in [0, 0.1) is 0 Å². The molecule has 1 unspecified atom stereocenters. The number of aromatic nitrogens is 4. The number of carbonyl (C=O) groups is 1. The van der Waals surface area contributed by atoms with E-state index in [-0.39, 0.29) is 17.6 Å². The summed E-state index contributed by atoms with van der Waals surface area (Å²) in [5.41, 5.74) is 1.46. The minimum atomic E-state index is -0.355. The molecule has 1 atom stereocenters. The van der Waals surface area contributed by atoms with Gasteiger partial charge in [-0.05, 0) is 51.1 Å². The molecule has 1 aromatic carbocycles. The van der Waals surface area contributed by atoms with Crippen LogP contribution in [0.3, 0.4) is 0 Å². The topological polar surface area (TPSA) is 88.0 Å². The van der Waals surface area contributed by atoms with E-state index in [4.69, 9.17) is 11.6 Å². The fraction of sp³-hybridized carbons (Fsp3) is 0.300. The number of nitrogens with one attached hydrogen (secondary N) is 2. The van der Waals surface area contributed by atoms with Crippen molar-refractivity contribution in [3.05, 3.63) is 59.8 Å². The lowest BCUT2D eigenvalue weighted by Gasteiger charge is -2.28. The van der Waals surface area contributed by atoms with E-state index in [1.54, 1.807) is 23.5 Å². The van der Waals surface area contributed by atoms with Gasteiger partial charge >= 0.3 is 6.03 Å². The van der Waals surface area contributed by atoms with Gasteiger partial charge in [0.25, 0.3) is 0 Å². The number of amides is 2. The maximum atomic E-state index is 12.2. The van der Waals surface area contributed by atoms with E-state index in [9.17, 15) is 4.79 Å². The number of halogens is 1. The average molecular weight is 412 g/mol. The van der Waals surface area contributed by atoms with Crippen LogP contribution >= 0.6 is 11.6 Å². The molecule has 9 heteroatoms. The van der Waals surface area contributed by atoms with Crippen molar-refractivity contribution in [2.75, 3.05) is 16.8 Å². The van der Waals surface area contributed by atoms with Crippen molar-refractivity contribution < 1.29 is 4.79 Å². The first-order valence-corrected chi connectivity index (χ1v) is 9.69. The largest absolute Gasteiger partial charge is 0.346 e. The second kappa shape index (κ2) is 7.36. The first kappa shape index (κ1) is 19.2. The third-order valence-electron chi connectivity index (χ3n) is 4.87. The molecule has 1 fully saturated rings. The van der Waals surface area contributed by atoms with Crippen molar-refractivity contribution in [3.63, 3.8) is 0 Å². The Balaban J connectivity index is 1.51. The van der Waals surface area contributed by atoms with E-state index in [2.05, 4.69) is 25.6 Å². The van der Waals surface area contributed by atoms with Crippen molar-refractivity contribution >= 4 is 29.4 Å². The second-order valence-electron chi connectivity index (χ2n) is 7.59. The molecule has 2 amide bonds. The van der Waals surface area contributed by atoms with E-state index in [1.165, 1.54) is 0 Å². The van der Waals surface area contributed by atoms with Crippen molar-refractivity contribution in [1.29, 1.82) is 0 Å². The normalized spacial score (nSPS) is 16.6. The number of benzene rings is 1. The fourth-order valence-corrected chi connectivity index (χ4v) is 3.39. The third kappa shape index (κ3) is 3.88. The Kier molecular flexibility index (Phi) is 4.87. The Morgan fingerprint density at radius 2 is 1.97 bits per heavy atom. The first-order chi connectivity index (χ1) is 13.8. The molecule has 2 aromatic heterocycles. The molecule has 0 radical (unpaired) electrons. The minimum absolute atomic E-state index is 0.126. The van der Waals surface area contributed by atoms with Crippen LogP contribution in [0.4, 0.5) is 16.6 Å². The van der Waals surface area contributed by atoms with E-state index in [0.29, 0.717) is 23.3 Å². The highest BCUT2D eigenvalue weighted by Gasteiger charge is 2.39. The summed E-state index contributed by atoms with van der Waals surface area (Å²) in [6, 6.07) is 9.00. The molecule has 1 saturated heterocycles. The van der Waals surface area contributed by atoms with Gasteiger partial charge in [-0.25, -0.2) is 14.8 Å². The van der Waals surface area contributed by atoms with Crippen LogP contribution < -0.4 is 15.5 Å². The highest BCUT2D eigenvalue weighted by atomic mass is 35.5. The molecule has 3 aromatic rings. The van der Waals surface area contributed by atoms with Gasteiger partial charge in [0, 0.05) is 29.6 Å². The van der Waals surface area contributed by atoms with Gasteiger partial charge in [-0.15, -0.1) is 0 Å². The molecular formula is C20H22ClN7O. The van der Waals surface area contributed by atoms with Gasteiger partial charge in [-0.2, -0.15) is 4.98 Å². The van der Waals surface area contributed by atoms with Gasteiger partial charge in [0.15, 0.2) is 0 Å². The Hall–Kier alpha value is -3.13. The molecule has 0 saturated carbocycles. The van der Waals surface area contributed by atoms with Crippen molar-refractivity contribution in [2.45, 2.75) is 32.4 Å². The van der Waals surface area contributed by atoms with Crippen LogP contribution in [-0.2, 0) is 0 Å². The number of nitrogens with zero attached hydrogens (tertiary/aromatic N) is 5. The highest BCUT2D eigenvalue weighted by molar-refractivity contribution is 6.30. The summed E-state index contributed by atoms with van der Waals surface area (Å²) < 4.78 is 1.93. The van der Waals surface area contributed by atoms with Gasteiger partial charge in [-0.1, -0.05) is 11.6 Å². The molecule has 8 nitrogen and oxygen atoms in total. The lowest BCUT2D eigenvalue weighted by Crippen LogP contribution is -2.42. The lowest BCUT2D eigenvalue weighted by atomic mass is 10.1. The Morgan fingerprint density at radius 3 is 2.66 bits per heavy atom. The number of rotatable bonds is 5. The molecular weight excluding hydrogens is 390 g/mol. The standard InChI is InChI=1S/C20H22ClN7O/c1-13(16-10-27(12-24-16)15-6-4-14(21)5-7-15)25-18-22-9-8-17(26-18)28-19(29)23-11-20(28,2)3/h4-10,12-13H,11H2,1-3H3,(H,23,29)(H,22,25,26). The van der Waals surface area contributed by atoms with E-state index in [0.717, 1.165) is 11.4 Å². The van der Waals surface area contributed by atoms with Gasteiger partial charge in [0.2, 0.25) is 5.95 Å². The van der Waals surface area contributed by atoms with Crippen LogP contribution in [0.1, 0.15) is 32.5 Å². The molecule has 2 N–H and O–H groups in total. The molecule has 29 heavy (non-hydrogen) atoms. The molecule has 150 valence electrons. The van der Waals surface area contributed by atoms with Gasteiger partial charge < -0.3 is 15.2 Å². The number of hydrogen-bond donors (Lipinski definition) is 2. The van der Waals surface area contributed by atoms with Gasteiger partial charge in [0.05, 0.1) is 23.6 Å². The zero-order valence-corrected chi connectivity index (χ0v) is 17.2. The summed E-state index contributed by atoms with van der Waals surface area (Å²) in [6.07, 6.45) is 5.35. The van der Waals surface area contributed by atoms with Crippen LogP contribution in [0.15, 0.2) is 49.1 Å². The quantitative estimate of drug-likeness (QED) is 0.666. The molecule has 4 rings (SSSR count). The predicted molar refractivity (Wildman–Crippen MR) is 113 cm³/mol. The maximum absolute atomic E-state index is 12.2. The van der Waals surface area contributed by atoms with E-state index >= 15 is 0 Å². The molecule has 0 bridgehead atoms. The van der Waals surface area contributed by atoms with Crippen LogP contribution in [0.25, 0.3) is 5.69 Å². The molecule has 1 aliphatic rings. The smallest absolute Gasteiger partial charge is 0.323 e. The minimum Gasteiger partial charge on any atom is -0.346 e. The van der Waals surface area contributed by atoms with Crippen LogP contribution in [0.5, 0.6) is 0 Å².